The van der Waals surface area contributed by atoms with Crippen molar-refractivity contribution in [2.45, 2.75) is 37.5 Å². The molecular weight excluding hydrogens is 278 g/mol. The molecule has 0 aliphatic heterocycles. The lowest BCUT2D eigenvalue weighted by molar-refractivity contribution is -0.154. The Bertz CT molecular complexity index is 540. The van der Waals surface area contributed by atoms with Gasteiger partial charge < -0.3 is 15.6 Å². The molecule has 3 N–H and O–H groups in total. The summed E-state index contributed by atoms with van der Waals surface area (Å²) in [4.78, 5) is 12.8. The predicted octanol–water partition coefficient (Wildman–Crippen LogP) is 1.96. The smallest absolute Gasteiger partial charge is 0.320 e. The average molecular weight is 301 g/mol. The van der Waals surface area contributed by atoms with E-state index in [0.29, 0.717) is 0 Å². The van der Waals surface area contributed by atoms with Crippen LogP contribution in [0.5, 0.6) is 0 Å². The van der Waals surface area contributed by atoms with Crippen LogP contribution in [0.3, 0.4) is 0 Å². The van der Waals surface area contributed by atoms with Crippen molar-refractivity contribution < 1.29 is 14.6 Å². The summed E-state index contributed by atoms with van der Waals surface area (Å²) in [7, 11) is 0. The molecule has 0 bridgehead atoms. The first-order valence-electron chi connectivity index (χ1n) is 7.77. The fourth-order valence-corrected chi connectivity index (χ4v) is 3.41. The fraction of sp³-hybridized carbons (Fsp3) is 0.500. The van der Waals surface area contributed by atoms with Crippen molar-refractivity contribution >= 4 is 5.97 Å². The van der Waals surface area contributed by atoms with Crippen molar-refractivity contribution in [2.75, 3.05) is 13.2 Å². The molecule has 22 heavy (non-hydrogen) atoms. The van der Waals surface area contributed by atoms with E-state index in [1.807, 2.05) is 30.3 Å². The number of nitrogens with two attached hydrogens (primary N) is 1. The SMILES string of the molecule is NC#CCOC(=O)C(CO)(c1ccccc1)C1CCCCC1. The summed E-state index contributed by atoms with van der Waals surface area (Å²) in [5.74, 6) is 2.22. The van der Waals surface area contributed by atoms with Crippen LogP contribution in [-0.2, 0) is 14.9 Å². The Morgan fingerprint density at radius 3 is 2.55 bits per heavy atom. The van der Waals surface area contributed by atoms with Crippen LogP contribution in [0.15, 0.2) is 30.3 Å². The third-order valence-electron chi connectivity index (χ3n) is 4.58. The maximum absolute atomic E-state index is 12.8. The minimum Gasteiger partial charge on any atom is -0.452 e. The second kappa shape index (κ2) is 7.86. The van der Waals surface area contributed by atoms with Crippen LogP contribution in [-0.4, -0.2) is 24.3 Å². The van der Waals surface area contributed by atoms with Crippen molar-refractivity contribution in [1.29, 1.82) is 0 Å². The van der Waals surface area contributed by atoms with Crippen LogP contribution in [0.25, 0.3) is 0 Å². The Labute approximate surface area is 131 Å². The van der Waals surface area contributed by atoms with E-state index in [2.05, 4.69) is 12.0 Å². The van der Waals surface area contributed by atoms with E-state index >= 15 is 0 Å². The second-order valence-corrected chi connectivity index (χ2v) is 5.73. The van der Waals surface area contributed by atoms with E-state index in [9.17, 15) is 9.90 Å². The Balaban J connectivity index is 2.36. The molecule has 1 aliphatic rings. The zero-order chi connectivity index (χ0) is 15.8. The van der Waals surface area contributed by atoms with Gasteiger partial charge in [0.1, 0.15) is 5.41 Å². The van der Waals surface area contributed by atoms with Gasteiger partial charge in [-0.15, -0.1) is 0 Å². The molecule has 1 aromatic carbocycles. The van der Waals surface area contributed by atoms with Crippen molar-refractivity contribution in [3.63, 3.8) is 0 Å². The minimum atomic E-state index is -1.00. The zero-order valence-electron chi connectivity index (χ0n) is 12.8. The number of carbonyl (C=O) groups is 1. The second-order valence-electron chi connectivity index (χ2n) is 5.73. The van der Waals surface area contributed by atoms with E-state index in [-0.39, 0.29) is 19.1 Å². The molecule has 1 unspecified atom stereocenters. The third kappa shape index (κ3) is 3.26. The maximum atomic E-state index is 12.8. The topological polar surface area (TPSA) is 72.5 Å². The highest BCUT2D eigenvalue weighted by molar-refractivity contribution is 5.84. The number of hydrogen-bond acceptors (Lipinski definition) is 4. The minimum absolute atomic E-state index is 0.0450. The van der Waals surface area contributed by atoms with Crippen molar-refractivity contribution in [2.24, 2.45) is 11.7 Å². The predicted molar refractivity (Wildman–Crippen MR) is 84.7 cm³/mol. The lowest BCUT2D eigenvalue weighted by Crippen LogP contribution is -2.48. The number of esters is 1. The standard InChI is InChI=1S/C18H23NO3/c19-12-7-13-22-17(21)18(14-20,15-8-3-1-4-9-15)16-10-5-2-6-11-16/h1,3-4,8-9,16,20H,2,5-6,10-11,13-14,19H2. The molecule has 2 rings (SSSR count). The Kier molecular flexibility index (Phi) is 5.85. The molecule has 1 atom stereocenters. The van der Waals surface area contributed by atoms with Crippen LogP contribution in [0.1, 0.15) is 37.7 Å². The van der Waals surface area contributed by atoms with Crippen LogP contribution in [0.4, 0.5) is 0 Å². The van der Waals surface area contributed by atoms with E-state index < -0.39 is 11.4 Å². The van der Waals surface area contributed by atoms with E-state index in [0.717, 1.165) is 31.2 Å². The van der Waals surface area contributed by atoms with Crippen LogP contribution in [0, 0.1) is 17.9 Å². The van der Waals surface area contributed by atoms with Crippen molar-refractivity contribution in [3.05, 3.63) is 35.9 Å². The highest BCUT2D eigenvalue weighted by atomic mass is 16.5. The Morgan fingerprint density at radius 1 is 1.27 bits per heavy atom. The number of aliphatic hydroxyl groups is 1. The molecule has 4 nitrogen and oxygen atoms in total. The molecule has 0 radical (unpaired) electrons. The molecule has 1 aliphatic carbocycles. The van der Waals surface area contributed by atoms with Gasteiger partial charge in [0.05, 0.1) is 6.61 Å². The van der Waals surface area contributed by atoms with Gasteiger partial charge >= 0.3 is 5.97 Å². The number of carbonyl (C=O) groups excluding carboxylic acids is 1. The maximum Gasteiger partial charge on any atom is 0.320 e. The molecule has 1 fully saturated rings. The molecule has 4 heteroatoms. The molecule has 0 saturated heterocycles. The molecule has 0 heterocycles. The Morgan fingerprint density at radius 2 is 1.95 bits per heavy atom. The summed E-state index contributed by atoms with van der Waals surface area (Å²) in [5.41, 5.74) is 4.92. The fourth-order valence-electron chi connectivity index (χ4n) is 3.41. The number of ether oxygens (including phenoxy) is 1. The third-order valence-corrected chi connectivity index (χ3v) is 4.58. The first-order valence-corrected chi connectivity index (χ1v) is 7.77. The number of hydrogen-bond donors (Lipinski definition) is 2. The summed E-state index contributed by atoms with van der Waals surface area (Å²) in [5, 5.41) is 10.1. The Hall–Kier alpha value is -1.99. The summed E-state index contributed by atoms with van der Waals surface area (Å²) < 4.78 is 5.29. The van der Waals surface area contributed by atoms with Crippen molar-refractivity contribution in [1.82, 2.24) is 0 Å². The average Bonchev–Trinajstić information content (AvgIpc) is 2.58. The zero-order valence-corrected chi connectivity index (χ0v) is 12.8. The quantitative estimate of drug-likeness (QED) is 0.495. The van der Waals surface area contributed by atoms with E-state index in [1.165, 1.54) is 6.42 Å². The van der Waals surface area contributed by atoms with Gasteiger partial charge in [-0.1, -0.05) is 49.6 Å². The van der Waals surface area contributed by atoms with Gasteiger partial charge in [-0.2, -0.15) is 0 Å². The summed E-state index contributed by atoms with van der Waals surface area (Å²) in [6, 6.07) is 11.7. The molecule has 1 aromatic rings. The molecular formula is C18H23NO3. The first-order chi connectivity index (χ1) is 10.8. The highest BCUT2D eigenvalue weighted by Crippen LogP contribution is 2.42. The van der Waals surface area contributed by atoms with Crippen LogP contribution in [0.2, 0.25) is 0 Å². The van der Waals surface area contributed by atoms with Crippen LogP contribution < -0.4 is 5.73 Å². The molecule has 0 amide bonds. The summed E-state index contributed by atoms with van der Waals surface area (Å²) >= 11 is 0. The van der Waals surface area contributed by atoms with Gasteiger partial charge in [-0.3, -0.25) is 4.79 Å². The first kappa shape index (κ1) is 16.4. The van der Waals surface area contributed by atoms with Gasteiger partial charge in [0.2, 0.25) is 0 Å². The molecule has 0 aromatic heterocycles. The largest absolute Gasteiger partial charge is 0.452 e. The van der Waals surface area contributed by atoms with Crippen LogP contribution >= 0.6 is 0 Å². The van der Waals surface area contributed by atoms with Crippen molar-refractivity contribution in [3.8, 4) is 12.0 Å². The van der Waals surface area contributed by atoms with Gasteiger partial charge in [-0.05, 0) is 30.2 Å². The van der Waals surface area contributed by atoms with E-state index in [1.54, 1.807) is 0 Å². The monoisotopic (exact) mass is 301 g/mol. The number of rotatable bonds is 5. The van der Waals surface area contributed by atoms with Gasteiger partial charge in [0.15, 0.2) is 6.61 Å². The molecule has 118 valence electrons. The van der Waals surface area contributed by atoms with Gasteiger partial charge in [0, 0.05) is 6.04 Å². The van der Waals surface area contributed by atoms with Gasteiger partial charge in [0.25, 0.3) is 0 Å². The summed E-state index contributed by atoms with van der Waals surface area (Å²) in [6.45, 7) is -0.298. The lowest BCUT2D eigenvalue weighted by Gasteiger charge is -2.39. The lowest BCUT2D eigenvalue weighted by atomic mass is 9.65. The summed E-state index contributed by atoms with van der Waals surface area (Å²) in [6.07, 6.45) is 5.19. The highest BCUT2D eigenvalue weighted by Gasteiger charge is 2.48. The van der Waals surface area contributed by atoms with E-state index in [4.69, 9.17) is 10.5 Å². The number of benzene rings is 1. The number of aliphatic hydroxyl groups excluding tert-OH is 1. The molecule has 0 spiro atoms. The van der Waals surface area contributed by atoms with Gasteiger partial charge in [-0.25, -0.2) is 0 Å². The normalized spacial score (nSPS) is 17.9. The molecule has 1 saturated carbocycles.